The van der Waals surface area contributed by atoms with E-state index in [1.54, 1.807) is 18.0 Å². The van der Waals surface area contributed by atoms with Crippen molar-refractivity contribution in [3.8, 4) is 5.69 Å². The van der Waals surface area contributed by atoms with Crippen molar-refractivity contribution in [1.29, 1.82) is 0 Å². The first-order valence-corrected chi connectivity index (χ1v) is 8.80. The average molecular weight is 337 g/mol. The van der Waals surface area contributed by atoms with Crippen LogP contribution in [0.15, 0.2) is 71.8 Å². The van der Waals surface area contributed by atoms with E-state index < -0.39 is 0 Å². The first-order chi connectivity index (χ1) is 11.7. The third kappa shape index (κ3) is 4.06. The van der Waals surface area contributed by atoms with Gasteiger partial charge in [0.2, 0.25) is 0 Å². The van der Waals surface area contributed by atoms with Crippen LogP contribution in [0.1, 0.15) is 16.1 Å². The number of carbonyl (C=O) groups is 1. The van der Waals surface area contributed by atoms with Crippen LogP contribution in [0.25, 0.3) is 5.69 Å². The molecule has 4 nitrogen and oxygen atoms in total. The molecule has 122 valence electrons. The third-order valence-corrected chi connectivity index (χ3v) is 4.62. The second-order valence-corrected chi connectivity index (χ2v) is 6.52. The Bertz CT molecular complexity index is 797. The summed E-state index contributed by atoms with van der Waals surface area (Å²) in [5.74, 6) is 0.799. The van der Waals surface area contributed by atoms with Crippen LogP contribution < -0.4 is 5.32 Å². The van der Waals surface area contributed by atoms with Gasteiger partial charge in [-0.1, -0.05) is 18.2 Å². The highest BCUT2D eigenvalue weighted by atomic mass is 32.2. The SMILES string of the molecule is Cc1ccnn1-c1ccc(C(=O)NCCSc2ccccc2)cc1. The molecule has 0 aliphatic rings. The van der Waals surface area contributed by atoms with Crippen molar-refractivity contribution in [2.45, 2.75) is 11.8 Å². The molecule has 0 radical (unpaired) electrons. The van der Waals surface area contributed by atoms with Gasteiger partial charge in [-0.25, -0.2) is 4.68 Å². The number of aryl methyl sites for hydroxylation is 1. The van der Waals surface area contributed by atoms with E-state index in [4.69, 9.17) is 0 Å². The molecule has 1 amide bonds. The second-order valence-electron chi connectivity index (χ2n) is 5.35. The van der Waals surface area contributed by atoms with Crippen molar-refractivity contribution >= 4 is 17.7 Å². The highest BCUT2D eigenvalue weighted by Crippen LogP contribution is 2.16. The van der Waals surface area contributed by atoms with E-state index in [0.29, 0.717) is 12.1 Å². The highest BCUT2D eigenvalue weighted by molar-refractivity contribution is 7.99. The maximum absolute atomic E-state index is 12.2. The van der Waals surface area contributed by atoms with Gasteiger partial charge in [-0.3, -0.25) is 4.79 Å². The van der Waals surface area contributed by atoms with Gasteiger partial charge in [0.25, 0.3) is 5.91 Å². The molecule has 0 unspecified atom stereocenters. The summed E-state index contributed by atoms with van der Waals surface area (Å²) < 4.78 is 1.85. The van der Waals surface area contributed by atoms with E-state index in [1.165, 1.54) is 4.90 Å². The van der Waals surface area contributed by atoms with Gasteiger partial charge in [-0.15, -0.1) is 11.8 Å². The lowest BCUT2D eigenvalue weighted by Crippen LogP contribution is -2.25. The zero-order valence-electron chi connectivity index (χ0n) is 13.5. The van der Waals surface area contributed by atoms with E-state index >= 15 is 0 Å². The Labute approximate surface area is 145 Å². The molecule has 1 N–H and O–H groups in total. The Morgan fingerprint density at radius 3 is 2.50 bits per heavy atom. The van der Waals surface area contributed by atoms with Crippen molar-refractivity contribution in [1.82, 2.24) is 15.1 Å². The fourth-order valence-electron chi connectivity index (χ4n) is 2.35. The molecule has 5 heteroatoms. The lowest BCUT2D eigenvalue weighted by Gasteiger charge is -2.07. The van der Waals surface area contributed by atoms with Crippen LogP contribution in [0, 0.1) is 6.92 Å². The lowest BCUT2D eigenvalue weighted by molar-refractivity contribution is 0.0956. The van der Waals surface area contributed by atoms with Gasteiger partial charge in [0.05, 0.1) is 5.69 Å². The summed E-state index contributed by atoms with van der Waals surface area (Å²) in [5.41, 5.74) is 2.67. The standard InChI is InChI=1S/C19H19N3OS/c1-15-11-12-21-22(15)17-9-7-16(8-10-17)19(23)20-13-14-24-18-5-3-2-4-6-18/h2-12H,13-14H2,1H3,(H,20,23). The zero-order chi connectivity index (χ0) is 16.8. The normalized spacial score (nSPS) is 10.5. The number of rotatable bonds is 6. The minimum atomic E-state index is -0.0487. The molecule has 0 bridgehead atoms. The Hall–Kier alpha value is -2.53. The number of benzene rings is 2. The summed E-state index contributed by atoms with van der Waals surface area (Å²) in [7, 11) is 0. The molecule has 0 spiro atoms. The Morgan fingerprint density at radius 2 is 1.83 bits per heavy atom. The van der Waals surface area contributed by atoms with E-state index in [0.717, 1.165) is 17.1 Å². The molecule has 0 fully saturated rings. The predicted molar refractivity (Wildman–Crippen MR) is 97.8 cm³/mol. The van der Waals surface area contributed by atoms with E-state index in [1.807, 2.05) is 60.1 Å². The molecule has 0 aliphatic heterocycles. The molecule has 0 saturated carbocycles. The maximum atomic E-state index is 12.2. The molecular formula is C19H19N3OS. The quantitative estimate of drug-likeness (QED) is 0.551. The molecule has 0 saturated heterocycles. The number of hydrogen-bond donors (Lipinski definition) is 1. The van der Waals surface area contributed by atoms with Crippen LogP contribution in [-0.2, 0) is 0 Å². The number of thioether (sulfide) groups is 1. The van der Waals surface area contributed by atoms with E-state index in [-0.39, 0.29) is 5.91 Å². The van der Waals surface area contributed by atoms with Crippen molar-refractivity contribution < 1.29 is 4.79 Å². The molecule has 0 aliphatic carbocycles. The summed E-state index contributed by atoms with van der Waals surface area (Å²) in [6.07, 6.45) is 1.76. The Morgan fingerprint density at radius 1 is 1.08 bits per heavy atom. The number of nitrogens with one attached hydrogen (secondary N) is 1. The summed E-state index contributed by atoms with van der Waals surface area (Å²) in [4.78, 5) is 13.4. The smallest absolute Gasteiger partial charge is 0.251 e. The predicted octanol–water partition coefficient (Wildman–Crippen LogP) is 3.70. The fraction of sp³-hybridized carbons (Fsp3) is 0.158. The average Bonchev–Trinajstić information content (AvgIpc) is 3.05. The molecule has 0 atom stereocenters. The summed E-state index contributed by atoms with van der Waals surface area (Å²) in [6, 6.07) is 19.6. The number of nitrogens with zero attached hydrogens (tertiary/aromatic N) is 2. The van der Waals surface area contributed by atoms with Gasteiger partial charge in [-0.2, -0.15) is 5.10 Å². The van der Waals surface area contributed by atoms with Crippen molar-refractivity contribution in [3.05, 3.63) is 78.1 Å². The maximum Gasteiger partial charge on any atom is 0.251 e. The first-order valence-electron chi connectivity index (χ1n) is 7.81. The zero-order valence-corrected chi connectivity index (χ0v) is 14.3. The van der Waals surface area contributed by atoms with Gasteiger partial charge in [0, 0.05) is 34.6 Å². The van der Waals surface area contributed by atoms with Gasteiger partial charge < -0.3 is 5.32 Å². The minimum absolute atomic E-state index is 0.0487. The number of hydrogen-bond acceptors (Lipinski definition) is 3. The molecule has 2 aromatic carbocycles. The van der Waals surface area contributed by atoms with Crippen LogP contribution >= 0.6 is 11.8 Å². The molecule has 1 aromatic heterocycles. The topological polar surface area (TPSA) is 46.9 Å². The largest absolute Gasteiger partial charge is 0.351 e. The first kappa shape index (κ1) is 16.3. The fourth-order valence-corrected chi connectivity index (χ4v) is 3.14. The van der Waals surface area contributed by atoms with Gasteiger partial charge in [0.15, 0.2) is 0 Å². The van der Waals surface area contributed by atoms with Crippen molar-refractivity contribution in [3.63, 3.8) is 0 Å². The van der Waals surface area contributed by atoms with Gasteiger partial charge >= 0.3 is 0 Å². The van der Waals surface area contributed by atoms with E-state index in [9.17, 15) is 4.79 Å². The van der Waals surface area contributed by atoms with E-state index in [2.05, 4.69) is 22.5 Å². The second kappa shape index (κ2) is 7.84. The molecule has 3 aromatic rings. The molecule has 1 heterocycles. The molecule has 24 heavy (non-hydrogen) atoms. The van der Waals surface area contributed by atoms with Crippen molar-refractivity contribution in [2.24, 2.45) is 0 Å². The number of amides is 1. The highest BCUT2D eigenvalue weighted by Gasteiger charge is 2.06. The van der Waals surface area contributed by atoms with Gasteiger partial charge in [0.1, 0.15) is 0 Å². The van der Waals surface area contributed by atoms with Crippen LogP contribution in [-0.4, -0.2) is 28.0 Å². The Kier molecular flexibility index (Phi) is 5.33. The van der Waals surface area contributed by atoms with Crippen molar-refractivity contribution in [2.75, 3.05) is 12.3 Å². The molecular weight excluding hydrogens is 318 g/mol. The minimum Gasteiger partial charge on any atom is -0.351 e. The van der Waals surface area contributed by atoms with Crippen LogP contribution in [0.4, 0.5) is 0 Å². The van der Waals surface area contributed by atoms with Crippen LogP contribution in [0.5, 0.6) is 0 Å². The summed E-state index contributed by atoms with van der Waals surface area (Å²) in [6.45, 7) is 2.64. The third-order valence-electron chi connectivity index (χ3n) is 3.61. The van der Waals surface area contributed by atoms with Crippen LogP contribution in [0.3, 0.4) is 0 Å². The monoisotopic (exact) mass is 337 g/mol. The van der Waals surface area contributed by atoms with Gasteiger partial charge in [-0.05, 0) is 49.4 Å². The summed E-state index contributed by atoms with van der Waals surface area (Å²) in [5, 5.41) is 7.22. The molecule has 3 rings (SSSR count). The Balaban J connectivity index is 1.51. The summed E-state index contributed by atoms with van der Waals surface area (Å²) >= 11 is 1.73. The number of aromatic nitrogens is 2. The van der Waals surface area contributed by atoms with Crippen LogP contribution in [0.2, 0.25) is 0 Å². The lowest BCUT2D eigenvalue weighted by atomic mass is 10.2. The number of carbonyl (C=O) groups excluding carboxylic acids is 1.